The molecule has 0 saturated carbocycles. The molecule has 0 aliphatic heterocycles. The van der Waals surface area contributed by atoms with E-state index in [1.807, 2.05) is 115 Å². The van der Waals surface area contributed by atoms with Crippen LogP contribution in [0, 0.1) is 0 Å². The molecule has 0 heterocycles. The van der Waals surface area contributed by atoms with E-state index in [9.17, 15) is 0 Å². The largest absolute Gasteiger partial charge is 0.496 e. The summed E-state index contributed by atoms with van der Waals surface area (Å²) in [5, 5.41) is 3.30. The summed E-state index contributed by atoms with van der Waals surface area (Å²) in [6.45, 7) is 0. The van der Waals surface area contributed by atoms with E-state index in [2.05, 4.69) is 47.8 Å². The van der Waals surface area contributed by atoms with Gasteiger partial charge in [-0.25, -0.2) is 0 Å². The van der Waals surface area contributed by atoms with Crippen molar-refractivity contribution in [1.29, 1.82) is 0 Å². The topological polar surface area (TPSA) is 30.5 Å². The Morgan fingerprint density at radius 2 is 0.795 bits per heavy atom. The summed E-state index contributed by atoms with van der Waals surface area (Å²) in [7, 11) is 3.36. The number of hydrogen-bond donors (Lipinski definition) is 1. The van der Waals surface area contributed by atoms with E-state index in [0.29, 0.717) is 0 Å². The van der Waals surface area contributed by atoms with Gasteiger partial charge in [-0.1, -0.05) is 115 Å². The molecule has 3 nitrogen and oxygen atoms in total. The predicted molar refractivity (Wildman–Crippen MR) is 166 cm³/mol. The molecule has 39 heavy (non-hydrogen) atoms. The predicted octanol–water partition coefficient (Wildman–Crippen LogP) is 9.47. The van der Waals surface area contributed by atoms with Crippen LogP contribution in [-0.4, -0.2) is 14.2 Å². The molecular weight excluding hydrogens is 478 g/mol. The van der Waals surface area contributed by atoms with Gasteiger partial charge in [-0.2, -0.15) is 0 Å². The van der Waals surface area contributed by atoms with Gasteiger partial charge in [0.1, 0.15) is 11.5 Å². The maximum atomic E-state index is 5.60. The lowest BCUT2D eigenvalue weighted by Gasteiger charge is -2.12. The molecule has 1 N–H and O–H groups in total. The minimum Gasteiger partial charge on any atom is -0.496 e. The number of rotatable bonds is 8. The quantitative estimate of drug-likeness (QED) is 0.210. The molecule has 5 aromatic carbocycles. The Hall–Kier alpha value is -5.02. The molecule has 0 atom stereocenters. The average Bonchev–Trinajstić information content (AvgIpc) is 3.01. The minimum absolute atomic E-state index is 0.782. The smallest absolute Gasteiger partial charge is 0.130 e. The average molecular weight is 512 g/mol. The van der Waals surface area contributed by atoms with Crippen LogP contribution >= 0.6 is 0 Å². The first-order valence-corrected chi connectivity index (χ1v) is 12.8. The molecule has 0 fully saturated rings. The molecule has 0 amide bonds. The highest BCUT2D eigenvalue weighted by Gasteiger charge is 2.09. The number of hydrogen-bond acceptors (Lipinski definition) is 3. The Labute approximate surface area is 231 Å². The lowest BCUT2D eigenvalue weighted by Crippen LogP contribution is -1.94. The van der Waals surface area contributed by atoms with E-state index in [1.165, 1.54) is 0 Å². The van der Waals surface area contributed by atoms with Gasteiger partial charge >= 0.3 is 0 Å². The zero-order valence-electron chi connectivity index (χ0n) is 22.3. The fourth-order valence-electron chi connectivity index (χ4n) is 3.93. The molecule has 0 spiro atoms. The lowest BCUT2D eigenvalue weighted by atomic mass is 10.1. The van der Waals surface area contributed by atoms with Crippen LogP contribution in [0.15, 0.2) is 133 Å². The molecule has 0 aliphatic carbocycles. The van der Waals surface area contributed by atoms with E-state index in [-0.39, 0.29) is 0 Å². The van der Waals surface area contributed by atoms with Crippen molar-refractivity contribution in [1.82, 2.24) is 0 Å². The first-order chi connectivity index (χ1) is 19.2. The Morgan fingerprint density at radius 3 is 1.21 bits per heavy atom. The van der Waals surface area contributed by atoms with E-state index in [4.69, 9.17) is 9.47 Å². The van der Waals surface area contributed by atoms with E-state index >= 15 is 0 Å². The zero-order chi connectivity index (χ0) is 27.1. The Morgan fingerprint density at radius 1 is 0.436 bits per heavy atom. The van der Waals surface area contributed by atoms with Crippen LogP contribution < -0.4 is 14.8 Å². The minimum atomic E-state index is 0.782. The lowest BCUT2D eigenvalue weighted by molar-refractivity contribution is 0.392. The van der Waals surface area contributed by atoms with Crippen molar-refractivity contribution in [3.63, 3.8) is 0 Å². The number of methoxy groups -OCH3 is 2. The molecule has 0 aliphatic rings. The summed E-state index contributed by atoms with van der Waals surface area (Å²) in [5.74, 6) is 1.56. The van der Waals surface area contributed by atoms with Crippen molar-refractivity contribution in [3.05, 3.63) is 156 Å². The summed E-state index contributed by atoms with van der Waals surface area (Å²) < 4.78 is 11.2. The summed E-state index contributed by atoms with van der Waals surface area (Å²) >= 11 is 0. The number of ether oxygens (including phenoxy) is 2. The molecule has 5 aromatic rings. The first-order valence-electron chi connectivity index (χ1n) is 12.8. The van der Waals surface area contributed by atoms with Gasteiger partial charge in [0, 0.05) is 11.4 Å². The van der Waals surface area contributed by atoms with Gasteiger partial charge in [-0.3, -0.25) is 0 Å². The van der Waals surface area contributed by atoms with Gasteiger partial charge in [0.2, 0.25) is 0 Å². The van der Waals surface area contributed by atoms with Crippen LogP contribution in [0.3, 0.4) is 0 Å². The maximum Gasteiger partial charge on any atom is 0.130 e. The van der Waals surface area contributed by atoms with Crippen LogP contribution in [0.25, 0.3) is 24.3 Å². The molecule has 3 heteroatoms. The number of anilines is 2. The second-order valence-corrected chi connectivity index (χ2v) is 8.68. The van der Waals surface area contributed by atoms with Crippen LogP contribution in [0.2, 0.25) is 0 Å². The molecule has 0 aromatic heterocycles. The fraction of sp³-hybridized carbons (Fsp3) is 0.0556. The molecule has 0 saturated heterocycles. The first kappa shape index (κ1) is 27.0. The summed E-state index contributed by atoms with van der Waals surface area (Å²) in [5.41, 5.74) is 6.47. The van der Waals surface area contributed by atoms with Crippen molar-refractivity contribution in [3.8, 4) is 11.5 Å². The summed E-state index contributed by atoms with van der Waals surface area (Å²) in [6, 6.07) is 44.7. The molecule has 0 unspecified atom stereocenters. The third kappa shape index (κ3) is 8.51. The van der Waals surface area contributed by atoms with Crippen molar-refractivity contribution in [2.45, 2.75) is 0 Å². The standard InChI is InChI=1S/C24H22O2.C12H11N/c1-25-23-17-21(14-13-19-9-5-3-6-10-19)18-24(26-2)22(23)16-15-20-11-7-4-8-12-20;1-3-7-11(8-4-1)13-12-9-5-2-6-10-12/h3-18H,1-2H3;1-10,13H. The van der Waals surface area contributed by atoms with E-state index < -0.39 is 0 Å². The van der Waals surface area contributed by atoms with Crippen LogP contribution in [0.1, 0.15) is 22.3 Å². The van der Waals surface area contributed by atoms with Crippen LogP contribution in [0.4, 0.5) is 11.4 Å². The molecule has 0 radical (unpaired) electrons. The second-order valence-electron chi connectivity index (χ2n) is 8.68. The van der Waals surface area contributed by atoms with Gasteiger partial charge in [0.25, 0.3) is 0 Å². The van der Waals surface area contributed by atoms with Crippen LogP contribution in [-0.2, 0) is 0 Å². The van der Waals surface area contributed by atoms with Crippen molar-refractivity contribution in [2.24, 2.45) is 0 Å². The van der Waals surface area contributed by atoms with E-state index in [1.54, 1.807) is 14.2 Å². The van der Waals surface area contributed by atoms with Crippen molar-refractivity contribution < 1.29 is 9.47 Å². The molecular formula is C36H33NO2. The highest BCUT2D eigenvalue weighted by molar-refractivity contribution is 5.79. The number of nitrogens with one attached hydrogen (secondary N) is 1. The molecule has 5 rings (SSSR count). The van der Waals surface area contributed by atoms with Crippen molar-refractivity contribution >= 4 is 35.7 Å². The van der Waals surface area contributed by atoms with Gasteiger partial charge in [-0.15, -0.1) is 0 Å². The van der Waals surface area contributed by atoms with Gasteiger partial charge in [-0.05, 0) is 59.2 Å². The van der Waals surface area contributed by atoms with Crippen molar-refractivity contribution in [2.75, 3.05) is 19.5 Å². The third-order valence-corrected chi connectivity index (χ3v) is 5.91. The highest BCUT2D eigenvalue weighted by atomic mass is 16.5. The third-order valence-electron chi connectivity index (χ3n) is 5.91. The number of benzene rings is 5. The van der Waals surface area contributed by atoms with Gasteiger partial charge < -0.3 is 14.8 Å². The Bertz CT molecular complexity index is 1400. The van der Waals surface area contributed by atoms with Gasteiger partial charge in [0.15, 0.2) is 0 Å². The maximum absolute atomic E-state index is 5.60. The SMILES string of the molecule is COc1cc(C=Cc2ccccc2)cc(OC)c1C=Cc1ccccc1.c1ccc(Nc2ccccc2)cc1. The summed E-state index contributed by atoms with van der Waals surface area (Å²) in [6.07, 6.45) is 8.22. The van der Waals surface area contributed by atoms with Crippen LogP contribution in [0.5, 0.6) is 11.5 Å². The number of para-hydroxylation sites is 2. The fourth-order valence-corrected chi connectivity index (χ4v) is 3.93. The molecule has 194 valence electrons. The monoisotopic (exact) mass is 511 g/mol. The Kier molecular flexibility index (Phi) is 10.2. The summed E-state index contributed by atoms with van der Waals surface area (Å²) in [4.78, 5) is 0. The Balaban J connectivity index is 0.000000226. The highest BCUT2D eigenvalue weighted by Crippen LogP contribution is 2.33. The van der Waals surface area contributed by atoms with Gasteiger partial charge in [0.05, 0.1) is 19.8 Å². The second kappa shape index (κ2) is 14.7. The normalized spacial score (nSPS) is 10.6. The van der Waals surface area contributed by atoms with E-state index in [0.717, 1.165) is 45.1 Å². The zero-order valence-corrected chi connectivity index (χ0v) is 22.3. The molecule has 0 bridgehead atoms.